The molecule has 1 rings (SSSR count). The number of hydrogen-bond donors (Lipinski definition) is 1. The monoisotopic (exact) mass is 256 g/mol. The van der Waals surface area contributed by atoms with Crippen molar-refractivity contribution in [1.29, 1.82) is 0 Å². The first-order chi connectivity index (χ1) is 8.56. The van der Waals surface area contributed by atoms with Gasteiger partial charge in [-0.05, 0) is 51.7 Å². The summed E-state index contributed by atoms with van der Waals surface area (Å²) in [5.74, 6) is 0.866. The van der Waals surface area contributed by atoms with E-state index in [1.165, 1.54) is 25.7 Å². The Morgan fingerprint density at radius 3 is 2.28 bits per heavy atom. The number of β-amino-alcohol motifs (C(OH)–C–C–N with tert-alkyl or cyclic N) is 1. The van der Waals surface area contributed by atoms with Gasteiger partial charge in [-0.25, -0.2) is 0 Å². The Morgan fingerprint density at radius 2 is 1.78 bits per heavy atom. The van der Waals surface area contributed by atoms with Crippen LogP contribution in [0.5, 0.6) is 0 Å². The van der Waals surface area contributed by atoms with Crippen molar-refractivity contribution in [3.63, 3.8) is 0 Å². The van der Waals surface area contributed by atoms with Gasteiger partial charge in [0.1, 0.15) is 0 Å². The second-order valence-corrected chi connectivity index (χ2v) is 6.05. The number of hydrogen-bond acceptors (Lipinski definition) is 3. The lowest BCUT2D eigenvalue weighted by molar-refractivity contribution is 0.0558. The lowest BCUT2D eigenvalue weighted by Crippen LogP contribution is -2.44. The van der Waals surface area contributed by atoms with E-state index in [4.69, 9.17) is 0 Å². The van der Waals surface area contributed by atoms with Crippen LogP contribution in [0.25, 0.3) is 0 Å². The number of piperidine rings is 1. The maximum Gasteiger partial charge on any atom is 0.0793 e. The maximum atomic E-state index is 10.2. The Bertz CT molecular complexity index is 211. The summed E-state index contributed by atoms with van der Waals surface area (Å²) in [5.41, 5.74) is 0. The summed E-state index contributed by atoms with van der Waals surface area (Å²) >= 11 is 0. The smallest absolute Gasteiger partial charge is 0.0793 e. The number of aliphatic hydroxyl groups excluding tert-OH is 1. The second-order valence-electron chi connectivity index (χ2n) is 6.05. The van der Waals surface area contributed by atoms with E-state index in [2.05, 4.69) is 37.6 Å². The Hall–Kier alpha value is -0.120. The molecule has 1 aliphatic rings. The van der Waals surface area contributed by atoms with Gasteiger partial charge in [0.15, 0.2) is 0 Å². The molecule has 0 amide bonds. The molecule has 1 saturated heterocycles. The molecule has 1 unspecified atom stereocenters. The average molecular weight is 256 g/mol. The molecule has 0 saturated carbocycles. The Balaban J connectivity index is 2.26. The van der Waals surface area contributed by atoms with E-state index in [-0.39, 0.29) is 6.10 Å². The summed E-state index contributed by atoms with van der Waals surface area (Å²) in [5, 5.41) is 10.2. The molecule has 0 radical (unpaired) electrons. The van der Waals surface area contributed by atoms with Crippen molar-refractivity contribution in [1.82, 2.24) is 9.80 Å². The lowest BCUT2D eigenvalue weighted by atomic mass is 9.99. The van der Waals surface area contributed by atoms with Gasteiger partial charge >= 0.3 is 0 Å². The molecule has 1 atom stereocenters. The van der Waals surface area contributed by atoms with Crippen molar-refractivity contribution in [3.8, 4) is 0 Å². The van der Waals surface area contributed by atoms with E-state index >= 15 is 0 Å². The van der Waals surface area contributed by atoms with Gasteiger partial charge in [-0.1, -0.05) is 20.8 Å². The molecule has 0 aromatic rings. The normalized spacial score (nSPS) is 20.8. The predicted octanol–water partition coefficient (Wildman–Crippen LogP) is 2.20. The molecule has 0 aromatic heterocycles. The van der Waals surface area contributed by atoms with E-state index < -0.39 is 0 Å². The molecule has 3 heteroatoms. The molecular weight excluding hydrogens is 224 g/mol. The molecule has 108 valence electrons. The minimum absolute atomic E-state index is 0.205. The molecule has 1 aliphatic heterocycles. The van der Waals surface area contributed by atoms with Crippen molar-refractivity contribution in [2.45, 2.75) is 58.6 Å². The topological polar surface area (TPSA) is 26.7 Å². The molecule has 0 spiro atoms. The quantitative estimate of drug-likeness (QED) is 0.756. The highest BCUT2D eigenvalue weighted by atomic mass is 16.3. The van der Waals surface area contributed by atoms with Crippen molar-refractivity contribution < 1.29 is 5.11 Å². The van der Waals surface area contributed by atoms with Gasteiger partial charge in [0.2, 0.25) is 0 Å². The van der Waals surface area contributed by atoms with Crippen LogP contribution in [0.1, 0.15) is 46.5 Å². The van der Waals surface area contributed by atoms with Crippen molar-refractivity contribution >= 4 is 0 Å². The Kier molecular flexibility index (Phi) is 7.20. The molecule has 0 bridgehead atoms. The predicted molar refractivity (Wildman–Crippen MR) is 77.8 cm³/mol. The van der Waals surface area contributed by atoms with E-state index in [0.29, 0.717) is 6.04 Å². The van der Waals surface area contributed by atoms with Crippen LogP contribution in [-0.2, 0) is 0 Å². The lowest BCUT2D eigenvalue weighted by Gasteiger charge is -2.34. The molecule has 3 nitrogen and oxygen atoms in total. The third kappa shape index (κ3) is 5.25. The highest BCUT2D eigenvalue weighted by Gasteiger charge is 2.20. The number of rotatable bonds is 7. The van der Waals surface area contributed by atoms with Crippen LogP contribution in [0.2, 0.25) is 0 Å². The highest BCUT2D eigenvalue weighted by Crippen LogP contribution is 2.16. The fourth-order valence-electron chi connectivity index (χ4n) is 2.99. The van der Waals surface area contributed by atoms with Crippen LogP contribution in [0, 0.1) is 5.92 Å². The van der Waals surface area contributed by atoms with Crippen LogP contribution >= 0.6 is 0 Å². The number of likely N-dealkylation sites (N-methyl/N-ethyl adjacent to an activating group) is 1. The van der Waals surface area contributed by atoms with Crippen molar-refractivity contribution in [2.24, 2.45) is 5.92 Å². The zero-order chi connectivity index (χ0) is 13.5. The highest BCUT2D eigenvalue weighted by molar-refractivity contribution is 4.75. The summed E-state index contributed by atoms with van der Waals surface area (Å²) in [7, 11) is 2.14. The summed E-state index contributed by atoms with van der Waals surface area (Å²) in [6, 6.07) is 0.612. The first-order valence-electron chi connectivity index (χ1n) is 7.67. The SMILES string of the molecule is CCC(CC)N(C)CC(O)CN1CCC(C)CC1. The zero-order valence-electron chi connectivity index (χ0n) is 12.7. The van der Waals surface area contributed by atoms with E-state index in [0.717, 1.165) is 32.1 Å². The van der Waals surface area contributed by atoms with Gasteiger partial charge < -0.3 is 14.9 Å². The fourth-order valence-corrected chi connectivity index (χ4v) is 2.99. The summed E-state index contributed by atoms with van der Waals surface area (Å²) in [6.07, 6.45) is 4.70. The van der Waals surface area contributed by atoms with Gasteiger partial charge in [0, 0.05) is 19.1 Å². The second kappa shape index (κ2) is 8.13. The number of aliphatic hydroxyl groups is 1. The average Bonchev–Trinajstić information content (AvgIpc) is 2.33. The summed E-state index contributed by atoms with van der Waals surface area (Å²) in [6.45, 7) is 10.7. The van der Waals surface area contributed by atoms with Crippen molar-refractivity contribution in [2.75, 3.05) is 33.2 Å². The van der Waals surface area contributed by atoms with Crippen LogP contribution < -0.4 is 0 Å². The molecule has 18 heavy (non-hydrogen) atoms. The standard InChI is InChI=1S/C15H32N2O/c1-5-14(6-2)16(4)11-15(18)12-17-9-7-13(3)8-10-17/h13-15,18H,5-12H2,1-4H3. The van der Waals surface area contributed by atoms with E-state index in [9.17, 15) is 5.11 Å². The minimum Gasteiger partial charge on any atom is -0.390 e. The third-order valence-corrected chi connectivity index (χ3v) is 4.41. The van der Waals surface area contributed by atoms with Crippen LogP contribution in [0.4, 0.5) is 0 Å². The van der Waals surface area contributed by atoms with Gasteiger partial charge in [-0.3, -0.25) is 0 Å². The Morgan fingerprint density at radius 1 is 1.22 bits per heavy atom. The number of likely N-dealkylation sites (tertiary alicyclic amines) is 1. The summed E-state index contributed by atoms with van der Waals surface area (Å²) in [4.78, 5) is 4.74. The van der Waals surface area contributed by atoms with E-state index in [1.54, 1.807) is 0 Å². The fraction of sp³-hybridized carbons (Fsp3) is 1.00. The third-order valence-electron chi connectivity index (χ3n) is 4.41. The van der Waals surface area contributed by atoms with Gasteiger partial charge in [0.05, 0.1) is 6.10 Å². The summed E-state index contributed by atoms with van der Waals surface area (Å²) < 4.78 is 0. The molecule has 1 fully saturated rings. The number of nitrogens with zero attached hydrogens (tertiary/aromatic N) is 2. The van der Waals surface area contributed by atoms with Gasteiger partial charge in [-0.2, -0.15) is 0 Å². The van der Waals surface area contributed by atoms with Gasteiger partial charge in [-0.15, -0.1) is 0 Å². The van der Waals surface area contributed by atoms with E-state index in [1.807, 2.05) is 0 Å². The first kappa shape index (κ1) is 15.9. The van der Waals surface area contributed by atoms with Gasteiger partial charge in [0.25, 0.3) is 0 Å². The molecular formula is C15H32N2O. The first-order valence-corrected chi connectivity index (χ1v) is 7.67. The molecule has 0 aromatic carbocycles. The van der Waals surface area contributed by atoms with Crippen LogP contribution in [0.15, 0.2) is 0 Å². The zero-order valence-corrected chi connectivity index (χ0v) is 12.7. The van der Waals surface area contributed by atoms with Crippen LogP contribution in [-0.4, -0.2) is 60.3 Å². The van der Waals surface area contributed by atoms with Crippen molar-refractivity contribution in [3.05, 3.63) is 0 Å². The maximum absolute atomic E-state index is 10.2. The Labute approximate surface area is 113 Å². The largest absolute Gasteiger partial charge is 0.390 e. The molecule has 1 N–H and O–H groups in total. The molecule has 1 heterocycles. The molecule has 0 aliphatic carbocycles. The minimum atomic E-state index is -0.205. The van der Waals surface area contributed by atoms with Crippen LogP contribution in [0.3, 0.4) is 0 Å².